The minimum absolute atomic E-state index is 0.200. The Morgan fingerprint density at radius 2 is 1.66 bits per heavy atom. The Kier molecular flexibility index (Phi) is 10.3. The molecule has 3 aromatic carbocycles. The molecule has 0 aromatic heterocycles. The smallest absolute Gasteiger partial charge is 0.355 e. The average Bonchev–Trinajstić information content (AvgIpc) is 2.90. The second kappa shape index (κ2) is 13.1. The maximum absolute atomic E-state index is 13.8. The maximum Gasteiger partial charge on any atom is 0.416 e. The molecule has 2 amide bonds. The van der Waals surface area contributed by atoms with Crippen molar-refractivity contribution in [1.82, 2.24) is 10.2 Å². The predicted octanol–water partition coefficient (Wildman–Crippen LogP) is 6.07. The van der Waals surface area contributed by atoms with Gasteiger partial charge in [-0.25, -0.2) is 8.42 Å². The van der Waals surface area contributed by atoms with Crippen molar-refractivity contribution < 1.29 is 31.2 Å². The Labute approximate surface area is 246 Å². The zero-order chi connectivity index (χ0) is 30.5. The molecule has 13 heteroatoms. The molecule has 0 saturated carbocycles. The van der Waals surface area contributed by atoms with Crippen LogP contribution in [0.5, 0.6) is 0 Å². The van der Waals surface area contributed by atoms with Crippen molar-refractivity contribution in [3.8, 4) is 0 Å². The number of halogens is 5. The fraction of sp³-hybridized carbons (Fsp3) is 0.286. The van der Waals surface area contributed by atoms with Crippen LogP contribution in [0.25, 0.3) is 0 Å². The number of benzene rings is 3. The van der Waals surface area contributed by atoms with Crippen molar-refractivity contribution in [2.24, 2.45) is 0 Å². The van der Waals surface area contributed by atoms with Crippen LogP contribution in [0.2, 0.25) is 10.0 Å². The van der Waals surface area contributed by atoms with Gasteiger partial charge in [0.1, 0.15) is 12.6 Å². The van der Waals surface area contributed by atoms with Gasteiger partial charge in [0, 0.05) is 23.1 Å². The number of nitrogens with one attached hydrogen (secondary N) is 1. The summed E-state index contributed by atoms with van der Waals surface area (Å²) >= 11 is 12.3. The highest BCUT2D eigenvalue weighted by atomic mass is 35.5. The van der Waals surface area contributed by atoms with E-state index in [0.717, 1.165) is 22.6 Å². The van der Waals surface area contributed by atoms with E-state index in [1.165, 1.54) is 43.3 Å². The zero-order valence-corrected chi connectivity index (χ0v) is 24.7. The van der Waals surface area contributed by atoms with Crippen molar-refractivity contribution >= 4 is 50.7 Å². The molecule has 0 aliphatic heterocycles. The quantitative estimate of drug-likeness (QED) is 0.295. The third kappa shape index (κ3) is 7.93. The predicted molar refractivity (Wildman–Crippen MR) is 152 cm³/mol. The number of carbonyl (C=O) groups excluding carboxylic acids is 2. The summed E-state index contributed by atoms with van der Waals surface area (Å²) in [7, 11) is -4.53. The van der Waals surface area contributed by atoms with Crippen molar-refractivity contribution in [2.45, 2.75) is 44.4 Å². The fourth-order valence-corrected chi connectivity index (χ4v) is 5.82. The highest BCUT2D eigenvalue weighted by Crippen LogP contribution is 2.33. The SMILES string of the molecule is CCNC(=O)C(C)N(Cc1ccc(Cl)cc1Cl)C(=O)CN(c1cccc(C(F)(F)F)c1)S(=O)(=O)c1ccc(C)cc1. The van der Waals surface area contributed by atoms with Crippen molar-refractivity contribution in [3.63, 3.8) is 0 Å². The van der Waals surface area contributed by atoms with Gasteiger partial charge in [-0.1, -0.05) is 53.0 Å². The molecular weight excluding hydrogens is 602 g/mol. The van der Waals surface area contributed by atoms with Crippen LogP contribution < -0.4 is 9.62 Å². The standard InChI is InChI=1S/C28H28Cl2F3N3O4S/c1-4-34-27(38)19(3)35(16-20-10-11-22(29)15-25(20)30)26(37)17-36(23-7-5-6-21(14-23)28(31,32)33)41(39,40)24-12-8-18(2)9-13-24/h5-15,19H,4,16-17H2,1-3H3,(H,34,38). The number of hydrogen-bond acceptors (Lipinski definition) is 4. The summed E-state index contributed by atoms with van der Waals surface area (Å²) in [5, 5.41) is 3.17. The number of likely N-dealkylation sites (N-methyl/N-ethyl adjacent to an activating group) is 1. The molecule has 0 radical (unpaired) electrons. The molecule has 3 aromatic rings. The fourth-order valence-electron chi connectivity index (χ4n) is 3.94. The molecule has 0 heterocycles. The van der Waals surface area contributed by atoms with Gasteiger partial charge in [0.05, 0.1) is 16.1 Å². The van der Waals surface area contributed by atoms with Gasteiger partial charge in [0.15, 0.2) is 0 Å². The molecule has 0 bridgehead atoms. The first-order valence-electron chi connectivity index (χ1n) is 12.4. The Bertz CT molecular complexity index is 1520. The van der Waals surface area contributed by atoms with Gasteiger partial charge < -0.3 is 10.2 Å². The number of hydrogen-bond donors (Lipinski definition) is 1. The van der Waals surface area contributed by atoms with Crippen LogP contribution in [0.15, 0.2) is 71.6 Å². The third-order valence-corrected chi connectivity index (χ3v) is 8.60. The van der Waals surface area contributed by atoms with Crippen LogP contribution in [0.1, 0.15) is 30.5 Å². The van der Waals surface area contributed by atoms with E-state index in [-0.39, 0.29) is 28.7 Å². The van der Waals surface area contributed by atoms with E-state index in [1.807, 2.05) is 0 Å². The van der Waals surface area contributed by atoms with Crippen LogP contribution in [0.3, 0.4) is 0 Å². The van der Waals surface area contributed by atoms with Crippen LogP contribution >= 0.6 is 23.2 Å². The number of rotatable bonds is 10. The second-order valence-electron chi connectivity index (χ2n) is 9.20. The van der Waals surface area contributed by atoms with E-state index in [4.69, 9.17) is 23.2 Å². The maximum atomic E-state index is 13.8. The molecule has 220 valence electrons. The van der Waals surface area contributed by atoms with Crippen LogP contribution in [-0.2, 0) is 32.3 Å². The van der Waals surface area contributed by atoms with Crippen LogP contribution in [-0.4, -0.2) is 44.3 Å². The number of alkyl halides is 3. The van der Waals surface area contributed by atoms with E-state index < -0.39 is 46.2 Å². The molecule has 0 aliphatic rings. The first-order chi connectivity index (χ1) is 19.1. The normalized spacial score (nSPS) is 12.5. The number of aryl methyl sites for hydroxylation is 1. The average molecular weight is 631 g/mol. The Morgan fingerprint density at radius 1 is 1.00 bits per heavy atom. The Hall–Kier alpha value is -3.28. The number of anilines is 1. The minimum Gasteiger partial charge on any atom is -0.355 e. The van der Waals surface area contributed by atoms with E-state index in [0.29, 0.717) is 21.0 Å². The van der Waals surface area contributed by atoms with Gasteiger partial charge in [0.25, 0.3) is 10.0 Å². The van der Waals surface area contributed by atoms with Crippen LogP contribution in [0.4, 0.5) is 18.9 Å². The summed E-state index contributed by atoms with van der Waals surface area (Å²) in [6, 6.07) is 12.8. The Morgan fingerprint density at radius 3 is 2.24 bits per heavy atom. The van der Waals surface area contributed by atoms with Gasteiger partial charge in [-0.3, -0.25) is 13.9 Å². The molecule has 0 saturated heterocycles. The van der Waals surface area contributed by atoms with E-state index in [9.17, 15) is 31.2 Å². The lowest BCUT2D eigenvalue weighted by Crippen LogP contribution is -2.51. The molecule has 1 atom stereocenters. The molecule has 1 unspecified atom stereocenters. The third-order valence-electron chi connectivity index (χ3n) is 6.22. The molecule has 0 fully saturated rings. The molecular formula is C28H28Cl2F3N3O4S. The summed E-state index contributed by atoms with van der Waals surface area (Å²) < 4.78 is 68.8. The summed E-state index contributed by atoms with van der Waals surface area (Å²) in [6.45, 7) is 4.06. The summed E-state index contributed by atoms with van der Waals surface area (Å²) in [5.74, 6) is -1.36. The monoisotopic (exact) mass is 629 g/mol. The summed E-state index contributed by atoms with van der Waals surface area (Å²) in [4.78, 5) is 27.5. The van der Waals surface area contributed by atoms with Crippen LogP contribution in [0, 0.1) is 6.92 Å². The van der Waals surface area contributed by atoms with Gasteiger partial charge >= 0.3 is 6.18 Å². The van der Waals surface area contributed by atoms with E-state index in [2.05, 4.69) is 5.32 Å². The highest BCUT2D eigenvalue weighted by Gasteiger charge is 2.35. The van der Waals surface area contributed by atoms with Crippen molar-refractivity contribution in [3.05, 3.63) is 93.5 Å². The molecule has 1 N–H and O–H groups in total. The topological polar surface area (TPSA) is 86.8 Å². The van der Waals surface area contributed by atoms with Gasteiger partial charge in [-0.05, 0) is 68.8 Å². The molecule has 0 aliphatic carbocycles. The van der Waals surface area contributed by atoms with Gasteiger partial charge in [0.2, 0.25) is 11.8 Å². The van der Waals surface area contributed by atoms with E-state index >= 15 is 0 Å². The number of nitrogens with zero attached hydrogens (tertiary/aromatic N) is 2. The summed E-state index contributed by atoms with van der Waals surface area (Å²) in [6.07, 6.45) is -4.76. The first kappa shape index (κ1) is 32.2. The Balaban J connectivity index is 2.11. The first-order valence-corrected chi connectivity index (χ1v) is 14.6. The number of sulfonamides is 1. The van der Waals surface area contributed by atoms with Gasteiger partial charge in [-0.2, -0.15) is 13.2 Å². The lowest BCUT2D eigenvalue weighted by Gasteiger charge is -2.32. The zero-order valence-electron chi connectivity index (χ0n) is 22.4. The van der Waals surface area contributed by atoms with Crippen molar-refractivity contribution in [1.29, 1.82) is 0 Å². The van der Waals surface area contributed by atoms with E-state index in [1.54, 1.807) is 26.0 Å². The van der Waals surface area contributed by atoms with Gasteiger partial charge in [-0.15, -0.1) is 0 Å². The second-order valence-corrected chi connectivity index (χ2v) is 11.9. The largest absolute Gasteiger partial charge is 0.416 e. The highest BCUT2D eigenvalue weighted by molar-refractivity contribution is 7.92. The lowest BCUT2D eigenvalue weighted by molar-refractivity contribution is -0.139. The summed E-state index contributed by atoms with van der Waals surface area (Å²) in [5.41, 5.74) is -0.282. The number of carbonyl (C=O) groups is 2. The minimum atomic E-state index is -4.76. The number of amides is 2. The molecule has 0 spiro atoms. The molecule has 3 rings (SSSR count). The molecule has 7 nitrogen and oxygen atoms in total. The molecule has 41 heavy (non-hydrogen) atoms. The lowest BCUT2D eigenvalue weighted by atomic mass is 10.1. The van der Waals surface area contributed by atoms with Crippen molar-refractivity contribution in [2.75, 3.05) is 17.4 Å².